The van der Waals surface area contributed by atoms with Crippen LogP contribution in [0.5, 0.6) is 0 Å². The first-order valence-electron chi connectivity index (χ1n) is 8.13. The summed E-state index contributed by atoms with van der Waals surface area (Å²) >= 11 is 0. The van der Waals surface area contributed by atoms with E-state index in [1.807, 2.05) is 0 Å². The van der Waals surface area contributed by atoms with Crippen molar-refractivity contribution in [1.82, 2.24) is 10.2 Å². The number of aryl methyl sites for hydroxylation is 1. The van der Waals surface area contributed by atoms with E-state index in [1.54, 1.807) is 11.0 Å². The largest absolute Gasteiger partial charge is 0.395 e. The number of rotatable bonds is 5. The van der Waals surface area contributed by atoms with Crippen LogP contribution in [0.15, 0.2) is 30.9 Å². The zero-order valence-electron chi connectivity index (χ0n) is 12.9. The van der Waals surface area contributed by atoms with Gasteiger partial charge in [0.2, 0.25) is 0 Å². The summed E-state index contributed by atoms with van der Waals surface area (Å²) in [7, 11) is 0. The third kappa shape index (κ3) is 2.75. The van der Waals surface area contributed by atoms with E-state index in [0.717, 1.165) is 12.8 Å². The fourth-order valence-electron chi connectivity index (χ4n) is 3.91. The molecule has 2 amide bonds. The van der Waals surface area contributed by atoms with Crippen LogP contribution in [0.2, 0.25) is 0 Å². The normalized spacial score (nSPS) is 22.0. The Balaban J connectivity index is 1.76. The number of nitrogens with zero attached hydrogens (tertiary/aromatic N) is 1. The first kappa shape index (κ1) is 15.1. The van der Waals surface area contributed by atoms with Gasteiger partial charge in [-0.15, -0.1) is 6.58 Å². The molecule has 22 heavy (non-hydrogen) atoms. The first-order chi connectivity index (χ1) is 10.7. The lowest BCUT2D eigenvalue weighted by Gasteiger charge is -2.23. The molecular weight excluding hydrogens is 276 g/mol. The molecule has 0 saturated carbocycles. The van der Waals surface area contributed by atoms with Crippen LogP contribution in [0.3, 0.4) is 0 Å². The maximum atomic E-state index is 12.4. The fourth-order valence-corrected chi connectivity index (χ4v) is 3.91. The predicted molar refractivity (Wildman–Crippen MR) is 86.9 cm³/mol. The van der Waals surface area contributed by atoms with Gasteiger partial charge in [-0.25, -0.2) is 4.79 Å². The third-order valence-electron chi connectivity index (χ3n) is 4.84. The molecule has 0 aromatic heterocycles. The van der Waals surface area contributed by atoms with Crippen molar-refractivity contribution >= 4 is 6.03 Å². The standard InChI is InChI=1S/C18H24N2O2/c1-2-9-20(10-11-21)18(22)19-16-12-14-7-3-5-13-6-4-8-15(16)17(13)14/h2,4,6,8,14,16,21H,1,3,5,7,9-12H2,(H,19,22). The van der Waals surface area contributed by atoms with Crippen molar-refractivity contribution in [3.8, 4) is 0 Å². The average molecular weight is 300 g/mol. The lowest BCUT2D eigenvalue weighted by molar-refractivity contribution is 0.180. The Morgan fingerprint density at radius 1 is 1.50 bits per heavy atom. The Hall–Kier alpha value is -1.81. The maximum Gasteiger partial charge on any atom is 0.318 e. The summed E-state index contributed by atoms with van der Waals surface area (Å²) < 4.78 is 0. The molecule has 4 nitrogen and oxygen atoms in total. The molecule has 2 N–H and O–H groups in total. The molecule has 0 spiro atoms. The molecule has 0 fully saturated rings. The van der Waals surface area contributed by atoms with Crippen molar-refractivity contribution in [2.45, 2.75) is 37.6 Å². The summed E-state index contributed by atoms with van der Waals surface area (Å²) in [6.07, 6.45) is 6.32. The molecule has 3 rings (SSSR count). The molecule has 0 radical (unpaired) electrons. The summed E-state index contributed by atoms with van der Waals surface area (Å²) in [5.74, 6) is 0.593. The van der Waals surface area contributed by atoms with Crippen molar-refractivity contribution in [2.24, 2.45) is 0 Å². The van der Waals surface area contributed by atoms with Crippen LogP contribution in [-0.2, 0) is 6.42 Å². The molecule has 2 atom stereocenters. The second-order valence-corrected chi connectivity index (χ2v) is 6.21. The number of aliphatic hydroxyl groups excluding tert-OH is 1. The summed E-state index contributed by atoms with van der Waals surface area (Å²) in [5, 5.41) is 12.3. The molecule has 0 heterocycles. The number of hydrogen-bond donors (Lipinski definition) is 2. The number of benzene rings is 1. The zero-order chi connectivity index (χ0) is 15.5. The van der Waals surface area contributed by atoms with E-state index in [0.29, 0.717) is 19.0 Å². The quantitative estimate of drug-likeness (QED) is 0.822. The number of aliphatic hydroxyl groups is 1. The van der Waals surface area contributed by atoms with E-state index in [-0.39, 0.29) is 18.7 Å². The van der Waals surface area contributed by atoms with Gasteiger partial charge >= 0.3 is 6.03 Å². The highest BCUT2D eigenvalue weighted by Gasteiger charge is 2.35. The van der Waals surface area contributed by atoms with Crippen molar-refractivity contribution in [3.05, 3.63) is 47.5 Å². The Morgan fingerprint density at radius 2 is 2.36 bits per heavy atom. The van der Waals surface area contributed by atoms with Crippen LogP contribution >= 0.6 is 0 Å². The summed E-state index contributed by atoms with van der Waals surface area (Å²) in [6, 6.07) is 6.46. The monoisotopic (exact) mass is 300 g/mol. The SMILES string of the molecule is C=CCN(CCO)C(=O)NC1CC2CCCc3cccc1c32. The Kier molecular flexibility index (Phi) is 4.48. The highest BCUT2D eigenvalue weighted by Crippen LogP contribution is 2.47. The van der Waals surface area contributed by atoms with Crippen molar-refractivity contribution in [1.29, 1.82) is 0 Å². The second kappa shape index (κ2) is 6.53. The number of carbonyl (C=O) groups excluding carboxylic acids is 1. The molecule has 1 aromatic carbocycles. The number of hydrogen-bond acceptors (Lipinski definition) is 2. The summed E-state index contributed by atoms with van der Waals surface area (Å²) in [6.45, 7) is 4.43. The molecule has 0 saturated heterocycles. The Bertz CT molecular complexity index is 570. The maximum absolute atomic E-state index is 12.4. The smallest absolute Gasteiger partial charge is 0.318 e. The lowest BCUT2D eigenvalue weighted by atomic mass is 9.84. The molecular formula is C18H24N2O2. The van der Waals surface area contributed by atoms with Gasteiger partial charge in [0.15, 0.2) is 0 Å². The molecule has 2 aliphatic carbocycles. The molecule has 118 valence electrons. The van der Waals surface area contributed by atoms with E-state index < -0.39 is 0 Å². The van der Waals surface area contributed by atoms with Gasteiger partial charge < -0.3 is 15.3 Å². The van der Waals surface area contributed by atoms with Gasteiger partial charge in [0, 0.05) is 13.1 Å². The lowest BCUT2D eigenvalue weighted by Crippen LogP contribution is -2.42. The van der Waals surface area contributed by atoms with E-state index in [2.05, 4.69) is 30.1 Å². The van der Waals surface area contributed by atoms with E-state index in [1.165, 1.54) is 29.5 Å². The minimum atomic E-state index is -0.116. The van der Waals surface area contributed by atoms with Crippen molar-refractivity contribution in [3.63, 3.8) is 0 Å². The van der Waals surface area contributed by atoms with Crippen molar-refractivity contribution in [2.75, 3.05) is 19.7 Å². The third-order valence-corrected chi connectivity index (χ3v) is 4.84. The van der Waals surface area contributed by atoms with Crippen molar-refractivity contribution < 1.29 is 9.90 Å². The number of carbonyl (C=O) groups is 1. The van der Waals surface area contributed by atoms with Crippen LogP contribution in [0.25, 0.3) is 0 Å². The molecule has 2 aliphatic rings. The van der Waals surface area contributed by atoms with Gasteiger partial charge in [0.05, 0.1) is 12.6 Å². The molecule has 4 heteroatoms. The molecule has 0 bridgehead atoms. The zero-order valence-corrected chi connectivity index (χ0v) is 12.9. The van der Waals surface area contributed by atoms with Gasteiger partial charge in [0.25, 0.3) is 0 Å². The summed E-state index contributed by atoms with van der Waals surface area (Å²) in [4.78, 5) is 14.0. The van der Waals surface area contributed by atoms with E-state index in [4.69, 9.17) is 5.11 Å². The van der Waals surface area contributed by atoms with E-state index >= 15 is 0 Å². The predicted octanol–water partition coefficient (Wildman–Crippen LogP) is 2.74. The minimum absolute atomic E-state index is 0.0325. The Labute approximate surface area is 131 Å². The Morgan fingerprint density at radius 3 is 3.14 bits per heavy atom. The number of nitrogens with one attached hydrogen (secondary N) is 1. The van der Waals surface area contributed by atoms with Gasteiger partial charge in [-0.05, 0) is 48.3 Å². The van der Waals surface area contributed by atoms with Crippen LogP contribution in [0.1, 0.15) is 47.9 Å². The highest BCUT2D eigenvalue weighted by molar-refractivity contribution is 5.75. The highest BCUT2D eigenvalue weighted by atomic mass is 16.3. The summed E-state index contributed by atoms with van der Waals surface area (Å²) in [5.41, 5.74) is 4.23. The second-order valence-electron chi connectivity index (χ2n) is 6.21. The topological polar surface area (TPSA) is 52.6 Å². The van der Waals surface area contributed by atoms with Crippen LogP contribution in [0, 0.1) is 0 Å². The van der Waals surface area contributed by atoms with Gasteiger partial charge in [-0.1, -0.05) is 24.3 Å². The van der Waals surface area contributed by atoms with E-state index in [9.17, 15) is 4.79 Å². The molecule has 0 aliphatic heterocycles. The number of urea groups is 1. The van der Waals surface area contributed by atoms with Gasteiger partial charge in [-0.3, -0.25) is 0 Å². The first-order valence-corrected chi connectivity index (χ1v) is 8.13. The average Bonchev–Trinajstić information content (AvgIpc) is 2.87. The van der Waals surface area contributed by atoms with Gasteiger partial charge in [0.1, 0.15) is 0 Å². The van der Waals surface area contributed by atoms with Crippen LogP contribution in [0.4, 0.5) is 4.79 Å². The molecule has 2 unspecified atom stereocenters. The minimum Gasteiger partial charge on any atom is -0.395 e. The molecule has 1 aromatic rings. The fraction of sp³-hybridized carbons (Fsp3) is 0.500. The van der Waals surface area contributed by atoms with Crippen LogP contribution < -0.4 is 5.32 Å². The van der Waals surface area contributed by atoms with Gasteiger partial charge in [-0.2, -0.15) is 0 Å². The number of amides is 2. The van der Waals surface area contributed by atoms with Crippen LogP contribution in [-0.4, -0.2) is 35.7 Å².